The van der Waals surface area contributed by atoms with E-state index in [0.29, 0.717) is 16.9 Å². The first-order valence-corrected chi connectivity index (χ1v) is 7.02. The molecule has 3 nitrogen and oxygen atoms in total. The van der Waals surface area contributed by atoms with E-state index < -0.39 is 11.6 Å². The Hall–Kier alpha value is -1.86. The van der Waals surface area contributed by atoms with E-state index in [9.17, 15) is 8.78 Å². The van der Waals surface area contributed by atoms with E-state index in [0.717, 1.165) is 17.0 Å². The van der Waals surface area contributed by atoms with Crippen LogP contribution in [0.4, 0.5) is 8.78 Å². The molecule has 0 aliphatic carbocycles. The Labute approximate surface area is 122 Å². The summed E-state index contributed by atoms with van der Waals surface area (Å²) in [5.41, 5.74) is 6.43. The number of halogens is 2. The Bertz CT molecular complexity index is 794. The van der Waals surface area contributed by atoms with Crippen molar-refractivity contribution >= 4 is 39.6 Å². The minimum atomic E-state index is -0.921. The van der Waals surface area contributed by atoms with Gasteiger partial charge in [-0.05, 0) is 11.4 Å². The van der Waals surface area contributed by atoms with E-state index >= 15 is 0 Å². The third kappa shape index (κ3) is 2.19. The average molecular weight is 309 g/mol. The lowest BCUT2D eigenvalue weighted by Crippen LogP contribution is -2.17. The van der Waals surface area contributed by atoms with Crippen LogP contribution in [-0.4, -0.2) is 14.5 Å². The molecular formula is C13H9F2N3S2. The maximum Gasteiger partial charge on any atom is 0.161 e. The van der Waals surface area contributed by atoms with Crippen molar-refractivity contribution in [2.24, 2.45) is 5.73 Å². The van der Waals surface area contributed by atoms with Crippen LogP contribution >= 0.6 is 23.6 Å². The van der Waals surface area contributed by atoms with Gasteiger partial charge in [0.1, 0.15) is 0 Å². The Balaban J connectivity index is 2.30. The fourth-order valence-electron chi connectivity index (χ4n) is 2.03. The Kier molecular flexibility index (Phi) is 3.23. The van der Waals surface area contributed by atoms with Crippen LogP contribution in [0.25, 0.3) is 21.7 Å². The minimum Gasteiger partial charge on any atom is -0.392 e. The van der Waals surface area contributed by atoms with Crippen LogP contribution in [0.3, 0.4) is 0 Å². The van der Waals surface area contributed by atoms with Gasteiger partial charge in [-0.2, -0.15) is 0 Å². The summed E-state index contributed by atoms with van der Waals surface area (Å²) in [6, 6.07) is 5.96. The molecule has 0 unspecified atom stereocenters. The molecule has 1 aromatic carbocycles. The Morgan fingerprint density at radius 2 is 2.10 bits per heavy atom. The molecule has 0 fully saturated rings. The zero-order valence-corrected chi connectivity index (χ0v) is 11.8. The normalized spacial score (nSPS) is 11.1. The van der Waals surface area contributed by atoms with Gasteiger partial charge in [0.2, 0.25) is 0 Å². The number of aromatic nitrogens is 2. The van der Waals surface area contributed by atoms with Crippen LogP contribution < -0.4 is 5.73 Å². The number of rotatable bonds is 3. The van der Waals surface area contributed by atoms with Crippen LogP contribution in [0, 0.1) is 11.6 Å². The number of thiocarbonyl (C=S) groups is 1. The number of hydrogen-bond donors (Lipinski definition) is 1. The minimum absolute atomic E-state index is 0.226. The maximum atomic E-state index is 13.4. The highest BCUT2D eigenvalue weighted by molar-refractivity contribution is 7.80. The molecule has 20 heavy (non-hydrogen) atoms. The second kappa shape index (κ2) is 4.92. The van der Waals surface area contributed by atoms with Gasteiger partial charge in [-0.1, -0.05) is 18.3 Å². The molecule has 0 radical (unpaired) electrons. The van der Waals surface area contributed by atoms with Crippen LogP contribution in [0.5, 0.6) is 0 Å². The fourth-order valence-corrected chi connectivity index (χ4v) is 2.88. The first kappa shape index (κ1) is 13.1. The summed E-state index contributed by atoms with van der Waals surface area (Å²) in [6.07, 6.45) is 0. The van der Waals surface area contributed by atoms with Crippen molar-refractivity contribution in [2.45, 2.75) is 6.54 Å². The fraction of sp³-hybridized carbons (Fsp3) is 0.0769. The van der Waals surface area contributed by atoms with Gasteiger partial charge in [0, 0.05) is 12.1 Å². The predicted octanol–water partition coefficient (Wildman–Crippen LogP) is 3.33. The highest BCUT2D eigenvalue weighted by Gasteiger charge is 2.16. The highest BCUT2D eigenvalue weighted by Crippen LogP contribution is 2.29. The monoisotopic (exact) mass is 309 g/mol. The van der Waals surface area contributed by atoms with Gasteiger partial charge in [-0.25, -0.2) is 13.8 Å². The van der Waals surface area contributed by atoms with Gasteiger partial charge < -0.3 is 10.3 Å². The summed E-state index contributed by atoms with van der Waals surface area (Å²) in [7, 11) is 0. The third-order valence-corrected chi connectivity index (χ3v) is 3.84. The molecule has 0 aliphatic rings. The molecule has 0 saturated carbocycles. The lowest BCUT2D eigenvalue weighted by Gasteiger charge is -2.06. The molecule has 7 heteroatoms. The average Bonchev–Trinajstić information content (AvgIpc) is 2.99. The zero-order chi connectivity index (χ0) is 14.3. The van der Waals surface area contributed by atoms with Gasteiger partial charge in [0.25, 0.3) is 0 Å². The largest absolute Gasteiger partial charge is 0.392 e. The molecule has 0 aliphatic heterocycles. The molecule has 0 spiro atoms. The molecule has 2 aromatic heterocycles. The van der Waals surface area contributed by atoms with E-state index in [1.807, 2.05) is 17.5 Å². The van der Waals surface area contributed by atoms with Crippen molar-refractivity contribution in [3.63, 3.8) is 0 Å². The lowest BCUT2D eigenvalue weighted by molar-refractivity contribution is 0.510. The molecule has 0 atom stereocenters. The molecule has 2 heterocycles. The molecule has 3 aromatic rings. The second-order valence-corrected chi connectivity index (χ2v) is 5.69. The van der Waals surface area contributed by atoms with Gasteiger partial charge in [-0.15, -0.1) is 11.3 Å². The van der Waals surface area contributed by atoms with Crippen molar-refractivity contribution < 1.29 is 8.78 Å². The van der Waals surface area contributed by atoms with E-state index in [1.54, 1.807) is 4.57 Å². The summed E-state index contributed by atoms with van der Waals surface area (Å²) < 4.78 is 28.5. The number of imidazole rings is 1. The number of benzene rings is 1. The van der Waals surface area contributed by atoms with Gasteiger partial charge in [-0.3, -0.25) is 0 Å². The molecule has 0 amide bonds. The summed E-state index contributed by atoms with van der Waals surface area (Å²) in [5.74, 6) is -1.23. The quantitative estimate of drug-likeness (QED) is 0.755. The summed E-state index contributed by atoms with van der Waals surface area (Å²) in [5, 5.41) is 1.90. The second-order valence-electron chi connectivity index (χ2n) is 4.22. The number of hydrogen-bond acceptors (Lipinski definition) is 3. The number of thiophene rings is 1. The van der Waals surface area contributed by atoms with E-state index in [2.05, 4.69) is 4.98 Å². The number of nitrogens with two attached hydrogens (primary N) is 1. The maximum absolute atomic E-state index is 13.4. The SMILES string of the molecule is NC(=S)Cn1c(-c2cccs2)nc2cc(F)c(F)cc21. The summed E-state index contributed by atoms with van der Waals surface area (Å²) in [4.78, 5) is 5.51. The number of fused-ring (bicyclic) bond motifs is 1. The van der Waals surface area contributed by atoms with Crippen molar-refractivity contribution in [1.29, 1.82) is 0 Å². The molecule has 3 rings (SSSR count). The Morgan fingerprint density at radius 3 is 2.75 bits per heavy atom. The van der Waals surface area contributed by atoms with Gasteiger partial charge in [0.05, 0.1) is 27.4 Å². The summed E-state index contributed by atoms with van der Waals surface area (Å²) in [6.45, 7) is 0.226. The zero-order valence-electron chi connectivity index (χ0n) is 10.1. The summed E-state index contributed by atoms with van der Waals surface area (Å²) >= 11 is 6.40. The standard InChI is InChI=1S/C13H9F2N3S2/c14-7-4-9-10(5-8(7)15)18(6-12(16)19)13(17-9)11-2-1-3-20-11/h1-5H,6H2,(H2,16,19). The van der Waals surface area contributed by atoms with Crippen LogP contribution in [0.1, 0.15) is 0 Å². The van der Waals surface area contributed by atoms with E-state index in [1.165, 1.54) is 11.3 Å². The first-order valence-electron chi connectivity index (χ1n) is 5.73. The van der Waals surface area contributed by atoms with E-state index in [4.69, 9.17) is 18.0 Å². The van der Waals surface area contributed by atoms with E-state index in [-0.39, 0.29) is 11.5 Å². The molecule has 0 bridgehead atoms. The predicted molar refractivity (Wildman–Crippen MR) is 79.7 cm³/mol. The first-order chi connectivity index (χ1) is 9.56. The molecule has 102 valence electrons. The molecular weight excluding hydrogens is 300 g/mol. The van der Waals surface area contributed by atoms with Crippen LogP contribution in [-0.2, 0) is 6.54 Å². The lowest BCUT2D eigenvalue weighted by atomic mass is 10.3. The van der Waals surface area contributed by atoms with Crippen molar-refractivity contribution in [1.82, 2.24) is 9.55 Å². The highest BCUT2D eigenvalue weighted by atomic mass is 32.1. The molecule has 2 N–H and O–H groups in total. The Morgan fingerprint density at radius 1 is 1.35 bits per heavy atom. The number of nitrogens with zero attached hydrogens (tertiary/aromatic N) is 2. The smallest absolute Gasteiger partial charge is 0.161 e. The van der Waals surface area contributed by atoms with Crippen molar-refractivity contribution in [3.05, 3.63) is 41.3 Å². The topological polar surface area (TPSA) is 43.8 Å². The van der Waals surface area contributed by atoms with Crippen molar-refractivity contribution in [2.75, 3.05) is 0 Å². The third-order valence-electron chi connectivity index (χ3n) is 2.85. The van der Waals surface area contributed by atoms with Crippen LogP contribution in [0.15, 0.2) is 29.6 Å². The van der Waals surface area contributed by atoms with Crippen LogP contribution in [0.2, 0.25) is 0 Å². The van der Waals surface area contributed by atoms with Gasteiger partial charge in [0.15, 0.2) is 17.5 Å². The van der Waals surface area contributed by atoms with Crippen molar-refractivity contribution in [3.8, 4) is 10.7 Å². The van der Waals surface area contributed by atoms with Gasteiger partial charge >= 0.3 is 0 Å². The molecule has 0 saturated heterocycles.